The Labute approximate surface area is 174 Å². The summed E-state index contributed by atoms with van der Waals surface area (Å²) in [7, 11) is 1.74. The Kier molecular flexibility index (Phi) is 6.38. The first-order valence-electron chi connectivity index (χ1n) is 9.87. The minimum Gasteiger partial charge on any atom is -0.450 e. The Morgan fingerprint density at radius 3 is 2.43 bits per heavy atom. The van der Waals surface area contributed by atoms with Gasteiger partial charge in [-0.25, -0.2) is 4.79 Å². The van der Waals surface area contributed by atoms with Crippen LogP contribution in [-0.4, -0.2) is 80.1 Å². The van der Waals surface area contributed by atoms with E-state index in [4.69, 9.17) is 4.74 Å². The van der Waals surface area contributed by atoms with Gasteiger partial charge in [0.05, 0.1) is 18.0 Å². The zero-order valence-corrected chi connectivity index (χ0v) is 17.7. The number of hydrogen-bond donors (Lipinski definition) is 1. The molecule has 1 fully saturated rings. The third kappa shape index (κ3) is 4.61. The Morgan fingerprint density at radius 2 is 1.83 bits per heavy atom. The van der Waals surface area contributed by atoms with Crippen LogP contribution in [0.2, 0.25) is 0 Å². The molecule has 1 aliphatic heterocycles. The number of amides is 3. The first-order chi connectivity index (χ1) is 14.3. The van der Waals surface area contributed by atoms with Crippen LogP contribution in [0.5, 0.6) is 0 Å². The van der Waals surface area contributed by atoms with E-state index in [1.165, 1.54) is 0 Å². The number of carbonyl (C=O) groups excluding carboxylic acids is 3. The highest BCUT2D eigenvalue weighted by molar-refractivity contribution is 6.03. The van der Waals surface area contributed by atoms with E-state index in [2.05, 4.69) is 15.5 Å². The molecular weight excluding hydrogens is 390 g/mol. The lowest BCUT2D eigenvalue weighted by atomic mass is 10.2. The predicted molar refractivity (Wildman–Crippen MR) is 108 cm³/mol. The zero-order valence-electron chi connectivity index (χ0n) is 17.7. The first kappa shape index (κ1) is 21.3. The third-order valence-corrected chi connectivity index (χ3v) is 4.98. The smallest absolute Gasteiger partial charge is 0.409 e. The summed E-state index contributed by atoms with van der Waals surface area (Å²) in [5.74, 6) is -0.434. The molecule has 3 rings (SSSR count). The number of piperazine rings is 1. The molecular formula is C19H27N7O4. The number of ether oxygens (including phenoxy) is 1. The maximum Gasteiger partial charge on any atom is 0.409 e. The van der Waals surface area contributed by atoms with Crippen LogP contribution in [0, 0.1) is 6.92 Å². The molecule has 1 N–H and O–H groups in total. The summed E-state index contributed by atoms with van der Waals surface area (Å²) in [4.78, 5) is 40.3. The average Bonchev–Trinajstić information content (AvgIpc) is 3.33. The van der Waals surface area contributed by atoms with Crippen molar-refractivity contribution in [1.29, 1.82) is 0 Å². The topological polar surface area (TPSA) is 115 Å². The molecule has 162 valence electrons. The van der Waals surface area contributed by atoms with Crippen LogP contribution < -0.4 is 5.32 Å². The lowest BCUT2D eigenvalue weighted by Gasteiger charge is -2.35. The van der Waals surface area contributed by atoms with Gasteiger partial charge >= 0.3 is 6.09 Å². The van der Waals surface area contributed by atoms with Crippen LogP contribution in [-0.2, 0) is 16.6 Å². The normalized spacial score (nSPS) is 15.1. The second-order valence-corrected chi connectivity index (χ2v) is 7.12. The Bertz CT molecular complexity index is 927. The van der Waals surface area contributed by atoms with Gasteiger partial charge in [0.25, 0.3) is 5.91 Å². The van der Waals surface area contributed by atoms with Crippen LogP contribution in [0.15, 0.2) is 18.5 Å². The SMILES string of the molecule is CCOC(=O)N1CCN(C(=O)C(C)n2cc(NC(=O)c3ccn(C)n3)c(C)n2)CC1. The van der Waals surface area contributed by atoms with Gasteiger partial charge in [0.15, 0.2) is 5.69 Å². The van der Waals surface area contributed by atoms with Gasteiger partial charge in [0.1, 0.15) is 6.04 Å². The summed E-state index contributed by atoms with van der Waals surface area (Å²) >= 11 is 0. The van der Waals surface area contributed by atoms with E-state index in [1.54, 1.807) is 65.4 Å². The van der Waals surface area contributed by atoms with Gasteiger partial charge in [0.2, 0.25) is 5.91 Å². The molecule has 2 aromatic rings. The molecule has 30 heavy (non-hydrogen) atoms. The Morgan fingerprint density at radius 1 is 1.17 bits per heavy atom. The fourth-order valence-corrected chi connectivity index (χ4v) is 3.23. The zero-order chi connectivity index (χ0) is 21.8. The van der Waals surface area contributed by atoms with Crippen molar-refractivity contribution >= 4 is 23.6 Å². The highest BCUT2D eigenvalue weighted by Crippen LogP contribution is 2.19. The molecule has 3 amide bonds. The first-order valence-corrected chi connectivity index (χ1v) is 9.87. The summed E-state index contributed by atoms with van der Waals surface area (Å²) < 4.78 is 8.10. The molecule has 0 aromatic carbocycles. The van der Waals surface area contributed by atoms with Gasteiger partial charge < -0.3 is 19.9 Å². The van der Waals surface area contributed by atoms with Crippen molar-refractivity contribution < 1.29 is 19.1 Å². The molecule has 1 saturated heterocycles. The quantitative estimate of drug-likeness (QED) is 0.777. The molecule has 1 atom stereocenters. The Balaban J connectivity index is 1.61. The molecule has 0 aliphatic carbocycles. The number of aromatic nitrogens is 4. The summed E-state index contributed by atoms with van der Waals surface area (Å²) in [6.45, 7) is 7.35. The van der Waals surface area contributed by atoms with E-state index in [9.17, 15) is 14.4 Å². The number of hydrogen-bond acceptors (Lipinski definition) is 6. The van der Waals surface area contributed by atoms with E-state index in [1.807, 2.05) is 0 Å². The second-order valence-electron chi connectivity index (χ2n) is 7.12. The summed E-state index contributed by atoms with van der Waals surface area (Å²) in [5, 5.41) is 11.3. The number of nitrogens with zero attached hydrogens (tertiary/aromatic N) is 6. The number of carbonyl (C=O) groups is 3. The maximum atomic E-state index is 12.9. The molecule has 0 saturated carbocycles. The van der Waals surface area contributed by atoms with Crippen molar-refractivity contribution in [2.45, 2.75) is 26.8 Å². The van der Waals surface area contributed by atoms with Crippen LogP contribution in [0.4, 0.5) is 10.5 Å². The van der Waals surface area contributed by atoms with Crippen LogP contribution in [0.1, 0.15) is 36.1 Å². The largest absolute Gasteiger partial charge is 0.450 e. The minimum absolute atomic E-state index is 0.0939. The van der Waals surface area contributed by atoms with Gasteiger partial charge in [-0.05, 0) is 26.8 Å². The summed E-state index contributed by atoms with van der Waals surface area (Å²) in [5.41, 5.74) is 1.43. The van der Waals surface area contributed by atoms with Gasteiger partial charge in [-0.15, -0.1) is 0 Å². The van der Waals surface area contributed by atoms with E-state index in [0.29, 0.717) is 49.9 Å². The average molecular weight is 417 g/mol. The molecule has 11 heteroatoms. The van der Waals surface area contributed by atoms with Crippen LogP contribution in [0.3, 0.4) is 0 Å². The van der Waals surface area contributed by atoms with Gasteiger partial charge in [0, 0.05) is 45.6 Å². The third-order valence-electron chi connectivity index (χ3n) is 4.98. The second kappa shape index (κ2) is 8.97. The van der Waals surface area contributed by atoms with Crippen molar-refractivity contribution in [3.05, 3.63) is 29.8 Å². The van der Waals surface area contributed by atoms with Gasteiger partial charge in [-0.3, -0.25) is 19.0 Å². The fraction of sp³-hybridized carbons (Fsp3) is 0.526. The van der Waals surface area contributed by atoms with E-state index in [-0.39, 0.29) is 17.9 Å². The van der Waals surface area contributed by atoms with E-state index < -0.39 is 6.04 Å². The number of nitrogens with one attached hydrogen (secondary N) is 1. The molecule has 0 radical (unpaired) electrons. The lowest BCUT2D eigenvalue weighted by Crippen LogP contribution is -2.52. The van der Waals surface area contributed by atoms with Crippen molar-refractivity contribution in [2.24, 2.45) is 7.05 Å². The van der Waals surface area contributed by atoms with Crippen LogP contribution in [0.25, 0.3) is 0 Å². The number of aryl methyl sites for hydroxylation is 2. The molecule has 1 aliphatic rings. The fourth-order valence-electron chi connectivity index (χ4n) is 3.23. The lowest BCUT2D eigenvalue weighted by molar-refractivity contribution is -0.136. The molecule has 11 nitrogen and oxygen atoms in total. The van der Waals surface area contributed by atoms with Crippen LogP contribution >= 0.6 is 0 Å². The standard InChI is InChI=1S/C19H27N7O4/c1-5-30-19(29)25-10-8-24(9-11-25)18(28)14(3)26-12-16(13(2)21-26)20-17(27)15-6-7-23(4)22-15/h6-7,12,14H,5,8-11H2,1-4H3,(H,20,27). The van der Waals surface area contributed by atoms with Crippen molar-refractivity contribution in [1.82, 2.24) is 29.4 Å². The monoisotopic (exact) mass is 417 g/mol. The van der Waals surface area contributed by atoms with Crippen molar-refractivity contribution in [3.8, 4) is 0 Å². The van der Waals surface area contributed by atoms with Crippen molar-refractivity contribution in [2.75, 3.05) is 38.1 Å². The molecule has 1 unspecified atom stereocenters. The van der Waals surface area contributed by atoms with Crippen molar-refractivity contribution in [3.63, 3.8) is 0 Å². The maximum absolute atomic E-state index is 12.9. The number of rotatable bonds is 5. The molecule has 0 spiro atoms. The van der Waals surface area contributed by atoms with Gasteiger partial charge in [-0.2, -0.15) is 10.2 Å². The Hall–Kier alpha value is -3.37. The summed E-state index contributed by atoms with van der Waals surface area (Å²) in [6, 6.07) is 1.08. The minimum atomic E-state index is -0.543. The van der Waals surface area contributed by atoms with E-state index in [0.717, 1.165) is 0 Å². The van der Waals surface area contributed by atoms with Gasteiger partial charge in [-0.1, -0.05) is 0 Å². The predicted octanol–water partition coefficient (Wildman–Crippen LogP) is 1.04. The molecule has 2 aromatic heterocycles. The highest BCUT2D eigenvalue weighted by atomic mass is 16.6. The molecule has 3 heterocycles. The van der Waals surface area contributed by atoms with E-state index >= 15 is 0 Å². The molecule has 0 bridgehead atoms. The highest BCUT2D eigenvalue weighted by Gasteiger charge is 2.29. The number of anilines is 1. The summed E-state index contributed by atoms with van der Waals surface area (Å²) in [6.07, 6.45) is 2.98.